The van der Waals surface area contributed by atoms with E-state index in [1.54, 1.807) is 6.92 Å². The van der Waals surface area contributed by atoms with Crippen LogP contribution in [0.2, 0.25) is 0 Å². The first-order valence-corrected chi connectivity index (χ1v) is 12.2. The quantitative estimate of drug-likeness (QED) is 0.352. The third kappa shape index (κ3) is 7.85. The number of methoxy groups -OCH3 is 1. The number of hydrogen-bond donors (Lipinski definition) is 3. The number of anilines is 1. The van der Waals surface area contributed by atoms with Gasteiger partial charge in [0.25, 0.3) is 0 Å². The zero-order valence-corrected chi connectivity index (χ0v) is 21.5. The van der Waals surface area contributed by atoms with E-state index >= 15 is 0 Å². The molecular weight excluding hydrogens is 519 g/mol. The van der Waals surface area contributed by atoms with Gasteiger partial charge in [0.15, 0.2) is 0 Å². The molecule has 0 spiro atoms. The number of aromatic nitrogens is 2. The minimum Gasteiger partial charge on any atom is -0.475 e. The van der Waals surface area contributed by atoms with E-state index < -0.39 is 18.1 Å². The van der Waals surface area contributed by atoms with E-state index in [2.05, 4.69) is 25.8 Å². The summed E-state index contributed by atoms with van der Waals surface area (Å²) in [6, 6.07) is 12.6. The number of rotatable bonds is 10. The van der Waals surface area contributed by atoms with Gasteiger partial charge in [-0.25, -0.2) is 9.48 Å². The van der Waals surface area contributed by atoms with Gasteiger partial charge in [-0.1, -0.05) is 24.3 Å². The van der Waals surface area contributed by atoms with Crippen LogP contribution in [0.1, 0.15) is 16.7 Å². The Bertz CT molecular complexity index is 1250. The fourth-order valence-electron chi connectivity index (χ4n) is 4.00. The number of alkyl halides is 3. The second-order valence-electron chi connectivity index (χ2n) is 8.79. The number of carbonyl (C=O) groups excluding carboxylic acids is 1. The predicted octanol–water partition coefficient (Wildman–Crippen LogP) is 3.91. The lowest BCUT2D eigenvalue weighted by Gasteiger charge is -2.23. The molecule has 0 radical (unpaired) electrons. The van der Waals surface area contributed by atoms with Gasteiger partial charge in [-0.05, 0) is 36.8 Å². The lowest BCUT2D eigenvalue weighted by atomic mass is 10.1. The highest BCUT2D eigenvalue weighted by molar-refractivity contribution is 5.89. The maximum atomic E-state index is 12.9. The third-order valence-corrected chi connectivity index (χ3v) is 5.83. The Labute approximate surface area is 223 Å². The van der Waals surface area contributed by atoms with E-state index in [1.165, 1.54) is 30.0 Å². The van der Waals surface area contributed by atoms with Gasteiger partial charge in [-0.15, -0.1) is 18.3 Å². The Morgan fingerprint density at radius 1 is 1.23 bits per heavy atom. The third-order valence-electron chi connectivity index (χ3n) is 5.83. The molecule has 10 nitrogen and oxygen atoms in total. The molecule has 2 aromatic carbocycles. The Kier molecular flexibility index (Phi) is 9.28. The van der Waals surface area contributed by atoms with Crippen molar-refractivity contribution in [2.75, 3.05) is 38.8 Å². The summed E-state index contributed by atoms with van der Waals surface area (Å²) in [5.41, 5.74) is 2.02. The van der Waals surface area contributed by atoms with Crippen LogP contribution in [0.15, 0.2) is 48.5 Å². The van der Waals surface area contributed by atoms with Crippen molar-refractivity contribution in [2.24, 2.45) is 0 Å². The van der Waals surface area contributed by atoms with Crippen LogP contribution < -0.4 is 25.4 Å². The first kappa shape index (κ1) is 28.2. The minimum atomic E-state index is -4.88. The summed E-state index contributed by atoms with van der Waals surface area (Å²) >= 11 is 0. The van der Waals surface area contributed by atoms with Crippen LogP contribution >= 0.6 is 0 Å². The second-order valence-corrected chi connectivity index (χ2v) is 8.79. The lowest BCUT2D eigenvalue weighted by molar-refractivity contribution is -0.274. The summed E-state index contributed by atoms with van der Waals surface area (Å²) in [6.07, 6.45) is -4.88. The lowest BCUT2D eigenvalue weighted by Crippen LogP contribution is -2.44. The highest BCUT2D eigenvalue weighted by atomic mass is 19.4. The molecule has 2 amide bonds. The molecule has 210 valence electrons. The van der Waals surface area contributed by atoms with E-state index in [1.807, 2.05) is 30.3 Å². The Morgan fingerprint density at radius 2 is 2.03 bits per heavy atom. The molecule has 3 N–H and O–H groups in total. The number of nitrogens with zero attached hydrogens (tertiary/aromatic N) is 2. The van der Waals surface area contributed by atoms with E-state index in [9.17, 15) is 18.0 Å². The summed E-state index contributed by atoms with van der Waals surface area (Å²) in [7, 11) is 1.47. The SMILES string of the molecule is COCc1ccc(OC(F)(F)F)c(CNC(=O)Nc2c(C)c(OCC3COCCN3)nn2-c2ccccc2)c1. The van der Waals surface area contributed by atoms with Gasteiger partial charge in [0, 0.05) is 25.8 Å². The van der Waals surface area contributed by atoms with E-state index in [0.717, 1.165) is 6.54 Å². The number of para-hydroxylation sites is 1. The molecule has 0 bridgehead atoms. The number of urea groups is 1. The van der Waals surface area contributed by atoms with Gasteiger partial charge in [-0.2, -0.15) is 0 Å². The number of halogens is 3. The number of morpholine rings is 1. The van der Waals surface area contributed by atoms with Crippen molar-refractivity contribution < 1.29 is 36.9 Å². The maximum Gasteiger partial charge on any atom is 0.573 e. The first-order chi connectivity index (χ1) is 18.7. The van der Waals surface area contributed by atoms with Gasteiger partial charge in [0.2, 0.25) is 5.88 Å². The second kappa shape index (κ2) is 12.8. The monoisotopic (exact) mass is 549 g/mol. The van der Waals surface area contributed by atoms with Gasteiger partial charge in [-0.3, -0.25) is 5.32 Å². The molecule has 4 rings (SSSR count). The van der Waals surface area contributed by atoms with Gasteiger partial charge >= 0.3 is 12.4 Å². The maximum absolute atomic E-state index is 12.9. The van der Waals surface area contributed by atoms with Crippen LogP contribution in [-0.4, -0.2) is 61.7 Å². The average molecular weight is 550 g/mol. The molecule has 1 saturated heterocycles. The van der Waals surface area contributed by atoms with Crippen LogP contribution in [0.4, 0.5) is 23.8 Å². The molecule has 1 aliphatic rings. The van der Waals surface area contributed by atoms with Crippen molar-refractivity contribution in [3.05, 3.63) is 65.2 Å². The Balaban J connectivity index is 1.51. The zero-order valence-electron chi connectivity index (χ0n) is 21.5. The van der Waals surface area contributed by atoms with Gasteiger partial charge < -0.3 is 29.6 Å². The number of nitrogens with one attached hydrogen (secondary N) is 3. The normalized spacial score (nSPS) is 15.6. The predicted molar refractivity (Wildman–Crippen MR) is 136 cm³/mol. The molecule has 13 heteroatoms. The fourth-order valence-corrected chi connectivity index (χ4v) is 4.00. The van der Waals surface area contributed by atoms with Crippen molar-refractivity contribution in [3.63, 3.8) is 0 Å². The number of hydrogen-bond acceptors (Lipinski definition) is 7. The molecule has 1 aromatic heterocycles. The van der Waals surface area contributed by atoms with E-state index in [0.29, 0.717) is 48.3 Å². The highest BCUT2D eigenvalue weighted by Crippen LogP contribution is 2.30. The summed E-state index contributed by atoms with van der Waals surface area (Å²) in [6.45, 7) is 3.90. The molecule has 0 saturated carbocycles. The topological polar surface area (TPSA) is 108 Å². The van der Waals surface area contributed by atoms with E-state index in [4.69, 9.17) is 14.2 Å². The van der Waals surface area contributed by atoms with Crippen molar-refractivity contribution in [2.45, 2.75) is 32.5 Å². The molecule has 39 heavy (non-hydrogen) atoms. The Morgan fingerprint density at radius 3 is 2.72 bits per heavy atom. The number of ether oxygens (including phenoxy) is 4. The summed E-state index contributed by atoms with van der Waals surface area (Å²) in [5, 5.41) is 13.2. The summed E-state index contributed by atoms with van der Waals surface area (Å²) < 4.78 is 60.9. The van der Waals surface area contributed by atoms with Crippen LogP contribution in [0.3, 0.4) is 0 Å². The molecule has 1 unspecified atom stereocenters. The fraction of sp³-hybridized carbons (Fsp3) is 0.385. The molecule has 3 aromatic rings. The molecule has 2 heterocycles. The molecule has 1 atom stereocenters. The van der Waals surface area contributed by atoms with E-state index in [-0.39, 0.29) is 24.8 Å². The van der Waals surface area contributed by atoms with Crippen molar-refractivity contribution >= 4 is 11.8 Å². The highest BCUT2D eigenvalue weighted by Gasteiger charge is 2.32. The van der Waals surface area contributed by atoms with Crippen molar-refractivity contribution in [1.29, 1.82) is 0 Å². The smallest absolute Gasteiger partial charge is 0.475 e. The number of benzene rings is 2. The van der Waals surface area contributed by atoms with Crippen LogP contribution in [0.5, 0.6) is 11.6 Å². The zero-order chi connectivity index (χ0) is 27.8. The van der Waals surface area contributed by atoms with Crippen LogP contribution in [0, 0.1) is 6.92 Å². The van der Waals surface area contributed by atoms with Gasteiger partial charge in [0.1, 0.15) is 18.2 Å². The van der Waals surface area contributed by atoms with Crippen molar-refractivity contribution in [3.8, 4) is 17.3 Å². The molecule has 0 aliphatic carbocycles. The van der Waals surface area contributed by atoms with Crippen LogP contribution in [-0.2, 0) is 22.6 Å². The number of amides is 2. The Hall–Kier alpha value is -3.81. The molecule has 1 aliphatic heterocycles. The number of carbonyl (C=O) groups is 1. The first-order valence-electron chi connectivity index (χ1n) is 12.2. The van der Waals surface area contributed by atoms with Gasteiger partial charge in [0.05, 0.1) is 37.1 Å². The standard InChI is InChI=1S/C26H30F3N5O5/c1-17-23(32-25(35)31-13-19-12-18(14-36-2)8-9-22(19)39-26(27,28)29)34(21-6-4-3-5-7-21)33-24(17)38-16-20-15-37-11-10-30-20/h3-9,12,20,30H,10-11,13-16H2,1-2H3,(H2,31,32,35). The minimum absolute atomic E-state index is 0.00159. The summed E-state index contributed by atoms with van der Waals surface area (Å²) in [5.74, 6) is 0.264. The largest absolute Gasteiger partial charge is 0.573 e. The average Bonchev–Trinajstić information content (AvgIpc) is 3.22. The van der Waals surface area contributed by atoms with Crippen molar-refractivity contribution in [1.82, 2.24) is 20.4 Å². The molecular formula is C26H30F3N5O5. The molecule has 1 fully saturated rings. The summed E-state index contributed by atoms with van der Waals surface area (Å²) in [4.78, 5) is 12.9. The van der Waals surface area contributed by atoms with Crippen LogP contribution in [0.25, 0.3) is 5.69 Å².